The van der Waals surface area contributed by atoms with Crippen molar-refractivity contribution in [1.29, 1.82) is 0 Å². The second kappa shape index (κ2) is 8.49. The van der Waals surface area contributed by atoms with Gasteiger partial charge in [-0.1, -0.05) is 13.8 Å². The lowest BCUT2D eigenvalue weighted by atomic mass is 10.1. The molecule has 0 atom stereocenters. The van der Waals surface area contributed by atoms with Crippen molar-refractivity contribution in [2.24, 2.45) is 0 Å². The summed E-state index contributed by atoms with van der Waals surface area (Å²) in [7, 11) is -2.32. The second-order valence-electron chi connectivity index (χ2n) is 5.86. The molecule has 2 aromatic carbocycles. The topological polar surface area (TPSA) is 75.7 Å². The Bertz CT molecular complexity index is 941. The summed E-state index contributed by atoms with van der Waals surface area (Å²) in [4.78, 5) is 12.7. The number of nitrogens with zero attached hydrogens (tertiary/aromatic N) is 1. The van der Waals surface area contributed by atoms with Gasteiger partial charge in [-0.05, 0) is 48.9 Å². The maximum absolute atomic E-state index is 13.2. The van der Waals surface area contributed by atoms with E-state index in [1.165, 1.54) is 47.8 Å². The van der Waals surface area contributed by atoms with Crippen LogP contribution in [0.25, 0.3) is 0 Å². The van der Waals surface area contributed by atoms with Gasteiger partial charge in [-0.15, -0.1) is 0 Å². The smallest absolute Gasteiger partial charge is 0.259 e. The number of hydrogen-bond donors (Lipinski definition) is 1. The van der Waals surface area contributed by atoms with E-state index >= 15 is 0 Å². The van der Waals surface area contributed by atoms with E-state index in [0.29, 0.717) is 24.3 Å². The molecule has 0 radical (unpaired) electrons. The largest absolute Gasteiger partial charge is 0.496 e. The number of carbonyl (C=O) groups is 1. The number of carbonyl (C=O) groups excluding carboxylic acids is 1. The molecule has 0 aliphatic carbocycles. The van der Waals surface area contributed by atoms with E-state index in [1.54, 1.807) is 20.8 Å². The van der Waals surface area contributed by atoms with E-state index in [-0.39, 0.29) is 16.2 Å². The predicted molar refractivity (Wildman–Crippen MR) is 102 cm³/mol. The molecule has 6 nitrogen and oxygen atoms in total. The molecule has 0 aromatic heterocycles. The zero-order valence-corrected chi connectivity index (χ0v) is 16.6. The van der Waals surface area contributed by atoms with Gasteiger partial charge in [0.15, 0.2) is 0 Å². The summed E-state index contributed by atoms with van der Waals surface area (Å²) < 4.78 is 45.2. The number of hydrogen-bond acceptors (Lipinski definition) is 4. The van der Waals surface area contributed by atoms with Gasteiger partial charge in [0.25, 0.3) is 5.91 Å². The average Bonchev–Trinajstić information content (AvgIpc) is 2.64. The zero-order chi connectivity index (χ0) is 20.2. The highest BCUT2D eigenvalue weighted by molar-refractivity contribution is 7.89. The Labute approximate surface area is 159 Å². The molecule has 0 heterocycles. The summed E-state index contributed by atoms with van der Waals surface area (Å²) in [6.07, 6.45) is 0. The van der Waals surface area contributed by atoms with Gasteiger partial charge in [-0.3, -0.25) is 4.79 Å². The standard InChI is InChI=1S/C19H23FN2O4S/c1-5-22(6-2)27(24,25)15-8-10-18(26-4)16(12-15)19(23)21-17-9-7-14(20)11-13(17)3/h7-12H,5-6H2,1-4H3,(H,21,23). The molecule has 1 amide bonds. The molecule has 8 heteroatoms. The first-order valence-electron chi connectivity index (χ1n) is 8.50. The van der Waals surface area contributed by atoms with E-state index in [2.05, 4.69) is 5.32 Å². The molecule has 0 fully saturated rings. The van der Waals surface area contributed by atoms with Gasteiger partial charge in [0.05, 0.1) is 17.6 Å². The fourth-order valence-electron chi connectivity index (χ4n) is 2.69. The van der Waals surface area contributed by atoms with Crippen molar-refractivity contribution in [1.82, 2.24) is 4.31 Å². The van der Waals surface area contributed by atoms with Gasteiger partial charge in [0.1, 0.15) is 11.6 Å². The third-order valence-corrected chi connectivity index (χ3v) is 6.24. The zero-order valence-electron chi connectivity index (χ0n) is 15.7. The Morgan fingerprint density at radius 3 is 2.37 bits per heavy atom. The van der Waals surface area contributed by atoms with Crippen LogP contribution in [0.3, 0.4) is 0 Å². The lowest BCUT2D eigenvalue weighted by molar-refractivity contribution is 0.102. The molecule has 27 heavy (non-hydrogen) atoms. The number of benzene rings is 2. The maximum Gasteiger partial charge on any atom is 0.259 e. The van der Waals surface area contributed by atoms with E-state index in [0.717, 1.165) is 0 Å². The van der Waals surface area contributed by atoms with Gasteiger partial charge in [0, 0.05) is 18.8 Å². The van der Waals surface area contributed by atoms with Gasteiger partial charge in [-0.25, -0.2) is 12.8 Å². The molecule has 2 aromatic rings. The molecule has 0 aliphatic heterocycles. The van der Waals surface area contributed by atoms with E-state index in [1.807, 2.05) is 0 Å². The number of nitrogens with one attached hydrogen (secondary N) is 1. The molecular weight excluding hydrogens is 371 g/mol. The minimum atomic E-state index is -3.72. The Balaban J connectivity index is 2.44. The Hall–Kier alpha value is -2.45. The van der Waals surface area contributed by atoms with Crippen molar-refractivity contribution in [3.63, 3.8) is 0 Å². The highest BCUT2D eigenvalue weighted by Crippen LogP contribution is 2.26. The Morgan fingerprint density at radius 2 is 1.81 bits per heavy atom. The third-order valence-electron chi connectivity index (χ3n) is 4.20. The highest BCUT2D eigenvalue weighted by Gasteiger charge is 2.24. The number of ether oxygens (including phenoxy) is 1. The van der Waals surface area contributed by atoms with Crippen LogP contribution in [-0.2, 0) is 10.0 Å². The van der Waals surface area contributed by atoms with Crippen LogP contribution in [0.15, 0.2) is 41.3 Å². The van der Waals surface area contributed by atoms with Crippen LogP contribution in [0.1, 0.15) is 29.8 Å². The lowest BCUT2D eigenvalue weighted by Gasteiger charge is -2.19. The summed E-state index contributed by atoms with van der Waals surface area (Å²) in [5.41, 5.74) is 1.06. The van der Waals surface area contributed by atoms with Crippen molar-refractivity contribution in [3.8, 4) is 5.75 Å². The van der Waals surface area contributed by atoms with Gasteiger partial charge >= 0.3 is 0 Å². The molecule has 0 bridgehead atoms. The summed E-state index contributed by atoms with van der Waals surface area (Å²) in [5.74, 6) is -0.709. The highest BCUT2D eigenvalue weighted by atomic mass is 32.2. The van der Waals surface area contributed by atoms with Crippen molar-refractivity contribution in [3.05, 3.63) is 53.3 Å². The number of rotatable bonds is 7. The van der Waals surface area contributed by atoms with Crippen molar-refractivity contribution < 1.29 is 22.3 Å². The molecule has 1 N–H and O–H groups in total. The van der Waals surface area contributed by atoms with Crippen LogP contribution in [-0.4, -0.2) is 38.8 Å². The maximum atomic E-state index is 13.2. The number of methoxy groups -OCH3 is 1. The van der Waals surface area contributed by atoms with Crippen molar-refractivity contribution in [2.75, 3.05) is 25.5 Å². The second-order valence-corrected chi connectivity index (χ2v) is 7.80. The summed E-state index contributed by atoms with van der Waals surface area (Å²) in [5, 5.41) is 2.67. The summed E-state index contributed by atoms with van der Waals surface area (Å²) >= 11 is 0. The van der Waals surface area contributed by atoms with Crippen LogP contribution in [0, 0.1) is 12.7 Å². The van der Waals surface area contributed by atoms with E-state index in [9.17, 15) is 17.6 Å². The Kier molecular flexibility index (Phi) is 6.56. The normalized spacial score (nSPS) is 11.5. The first-order valence-corrected chi connectivity index (χ1v) is 9.94. The fourth-order valence-corrected chi connectivity index (χ4v) is 4.18. The SMILES string of the molecule is CCN(CC)S(=O)(=O)c1ccc(OC)c(C(=O)Nc2ccc(F)cc2C)c1. The van der Waals surface area contributed by atoms with Crippen LogP contribution >= 0.6 is 0 Å². The molecule has 0 saturated carbocycles. The number of halogens is 1. The monoisotopic (exact) mass is 394 g/mol. The Morgan fingerprint density at radius 1 is 1.15 bits per heavy atom. The van der Waals surface area contributed by atoms with E-state index < -0.39 is 21.7 Å². The molecular formula is C19H23FN2O4S. The minimum Gasteiger partial charge on any atom is -0.496 e. The van der Waals surface area contributed by atoms with Crippen molar-refractivity contribution >= 4 is 21.6 Å². The van der Waals surface area contributed by atoms with Gasteiger partial charge in [0.2, 0.25) is 10.0 Å². The lowest BCUT2D eigenvalue weighted by Crippen LogP contribution is -2.30. The fraction of sp³-hybridized carbons (Fsp3) is 0.316. The third kappa shape index (κ3) is 4.45. The average molecular weight is 394 g/mol. The van der Waals surface area contributed by atoms with Gasteiger partial charge in [-0.2, -0.15) is 4.31 Å². The molecule has 0 spiro atoms. The number of sulfonamides is 1. The van der Waals surface area contributed by atoms with Gasteiger partial charge < -0.3 is 10.1 Å². The molecule has 146 valence electrons. The van der Waals surface area contributed by atoms with Crippen LogP contribution in [0.4, 0.5) is 10.1 Å². The molecule has 2 rings (SSSR count). The number of aryl methyl sites for hydroxylation is 1. The first-order chi connectivity index (χ1) is 12.7. The van der Waals surface area contributed by atoms with Crippen LogP contribution in [0.5, 0.6) is 5.75 Å². The summed E-state index contributed by atoms with van der Waals surface area (Å²) in [6, 6.07) is 8.14. The summed E-state index contributed by atoms with van der Waals surface area (Å²) in [6.45, 7) is 5.80. The molecule has 0 aliphatic rings. The first kappa shape index (κ1) is 20.9. The predicted octanol–water partition coefficient (Wildman–Crippen LogP) is 3.43. The minimum absolute atomic E-state index is 0.00739. The van der Waals surface area contributed by atoms with E-state index in [4.69, 9.17) is 4.74 Å². The number of anilines is 1. The molecule has 0 saturated heterocycles. The molecule has 0 unspecified atom stereocenters. The van der Waals surface area contributed by atoms with Crippen molar-refractivity contribution in [2.45, 2.75) is 25.7 Å². The number of amides is 1. The van der Waals surface area contributed by atoms with Crippen LogP contribution < -0.4 is 10.1 Å². The van der Waals surface area contributed by atoms with Crippen LogP contribution in [0.2, 0.25) is 0 Å². The quantitative estimate of drug-likeness (QED) is 0.781.